The minimum absolute atomic E-state index is 0.00291. The highest BCUT2D eigenvalue weighted by molar-refractivity contribution is 5.99. The van der Waals surface area contributed by atoms with Crippen LogP contribution in [0.1, 0.15) is 67.7 Å². The van der Waals surface area contributed by atoms with Gasteiger partial charge in [-0.3, -0.25) is 4.79 Å². The van der Waals surface area contributed by atoms with E-state index in [0.717, 1.165) is 0 Å². The van der Waals surface area contributed by atoms with E-state index in [0.29, 0.717) is 6.42 Å². The maximum absolute atomic E-state index is 13.2. The van der Waals surface area contributed by atoms with Crippen molar-refractivity contribution in [3.05, 3.63) is 11.6 Å². The lowest BCUT2D eigenvalue weighted by molar-refractivity contribution is -0.298. The molecule has 0 amide bonds. The summed E-state index contributed by atoms with van der Waals surface area (Å²) in [6, 6.07) is -0.269. The van der Waals surface area contributed by atoms with Crippen LogP contribution in [-0.2, 0) is 19.0 Å². The summed E-state index contributed by atoms with van der Waals surface area (Å²) >= 11 is 0. The molecule has 1 saturated heterocycles. The Kier molecular flexibility index (Phi) is 11.9. The van der Waals surface area contributed by atoms with Crippen LogP contribution in [0.25, 0.3) is 0 Å². The number of hydrogen-bond donors (Lipinski definition) is 6. The van der Waals surface area contributed by atoms with Gasteiger partial charge in [-0.1, -0.05) is 20.8 Å². The first kappa shape index (κ1) is 34.8. The van der Waals surface area contributed by atoms with E-state index in [1.807, 2.05) is 25.9 Å². The van der Waals surface area contributed by atoms with E-state index in [4.69, 9.17) is 19.6 Å². The molecule has 2 aliphatic heterocycles. The van der Waals surface area contributed by atoms with Crippen LogP contribution in [-0.4, -0.2) is 117 Å². The molecule has 0 radical (unpaired) electrons. The predicted molar refractivity (Wildman–Crippen MR) is 150 cm³/mol. The molecule has 1 unspecified atom stereocenters. The Morgan fingerprint density at radius 3 is 2.25 bits per heavy atom. The maximum atomic E-state index is 13.2. The van der Waals surface area contributed by atoms with E-state index in [9.17, 15) is 30.3 Å². The summed E-state index contributed by atoms with van der Waals surface area (Å²) < 4.78 is 17.9. The molecular formula is C29H52N2O9. The normalized spacial score (nSPS) is 45.9. The zero-order valence-electron chi connectivity index (χ0n) is 25.5. The van der Waals surface area contributed by atoms with Crippen LogP contribution in [0.3, 0.4) is 0 Å². The Bertz CT molecular complexity index is 906. The molecule has 2 aliphatic rings. The van der Waals surface area contributed by atoms with Crippen LogP contribution >= 0.6 is 0 Å². The molecular weight excluding hydrogens is 520 g/mol. The molecule has 11 nitrogen and oxygen atoms in total. The van der Waals surface area contributed by atoms with E-state index >= 15 is 0 Å². The zero-order valence-corrected chi connectivity index (χ0v) is 25.5. The van der Waals surface area contributed by atoms with Crippen molar-refractivity contribution in [2.45, 2.75) is 122 Å². The lowest BCUT2D eigenvalue weighted by Gasteiger charge is -2.46. The fourth-order valence-electron chi connectivity index (χ4n) is 6.08. The molecule has 0 aliphatic carbocycles. The number of aliphatic hydroxyl groups excluding tert-OH is 3. The van der Waals surface area contributed by atoms with Gasteiger partial charge in [0.25, 0.3) is 0 Å². The third-order valence-electron chi connectivity index (χ3n) is 8.55. The number of rotatable bonds is 5. The average molecular weight is 573 g/mol. The average Bonchev–Trinajstić information content (AvgIpc) is 2.87. The second-order valence-electron chi connectivity index (χ2n) is 12.5. The highest BCUT2D eigenvalue weighted by Gasteiger charge is 2.48. The van der Waals surface area contributed by atoms with Crippen molar-refractivity contribution in [3.8, 4) is 0 Å². The molecule has 40 heavy (non-hydrogen) atoms. The van der Waals surface area contributed by atoms with Crippen molar-refractivity contribution in [2.24, 2.45) is 17.8 Å². The van der Waals surface area contributed by atoms with Gasteiger partial charge in [0.15, 0.2) is 6.29 Å². The van der Waals surface area contributed by atoms with E-state index < -0.39 is 72.2 Å². The second-order valence-corrected chi connectivity index (χ2v) is 12.5. The molecule has 0 bridgehead atoms. The summed E-state index contributed by atoms with van der Waals surface area (Å²) in [7, 11) is 3.70. The van der Waals surface area contributed by atoms with Crippen molar-refractivity contribution in [1.29, 1.82) is 5.41 Å². The topological polar surface area (TPSA) is 173 Å². The number of cyclic esters (lactones) is 1. The Morgan fingerprint density at radius 2 is 1.73 bits per heavy atom. The van der Waals surface area contributed by atoms with Gasteiger partial charge in [-0.05, 0) is 72.7 Å². The van der Waals surface area contributed by atoms with Crippen LogP contribution in [0, 0.1) is 23.2 Å². The zero-order chi connectivity index (χ0) is 30.7. The minimum atomic E-state index is -1.70. The van der Waals surface area contributed by atoms with Crippen LogP contribution in [0.15, 0.2) is 11.6 Å². The first-order chi connectivity index (χ1) is 18.4. The van der Waals surface area contributed by atoms with E-state index in [1.54, 1.807) is 20.8 Å². The molecule has 1 fully saturated rings. The molecule has 12 atom stereocenters. The standard InChI is InChI=1S/C29H52N2O9/c1-10-21-28(6,36)13-19(14-32)22(30)15(2)12-29(7,37)25(17(4)23(33)18(5)26(35)39-21)40-27-24(34)20(31(8)9)11-16(3)38-27/h13,15-18,20-21,23-25,27,30,32-34,36-37H,10-12,14H2,1-9H3/b19-13+,30-22?/t15-,16-,17+,18-,20+,21-,23+,24-,25-,27?,28+,29+/m1/s1. The van der Waals surface area contributed by atoms with Crippen LogP contribution < -0.4 is 0 Å². The molecule has 0 saturated carbocycles. The van der Waals surface area contributed by atoms with Gasteiger partial charge in [0.2, 0.25) is 0 Å². The first-order valence-corrected chi connectivity index (χ1v) is 14.3. The van der Waals surface area contributed by atoms with Gasteiger partial charge >= 0.3 is 5.97 Å². The lowest BCUT2D eigenvalue weighted by atomic mass is 9.76. The monoisotopic (exact) mass is 572 g/mol. The van der Waals surface area contributed by atoms with Crippen molar-refractivity contribution >= 4 is 11.7 Å². The molecule has 11 heteroatoms. The van der Waals surface area contributed by atoms with Crippen LogP contribution in [0.2, 0.25) is 0 Å². The molecule has 0 spiro atoms. The molecule has 6 N–H and O–H groups in total. The van der Waals surface area contributed by atoms with Gasteiger partial charge in [-0.2, -0.15) is 0 Å². The summed E-state index contributed by atoms with van der Waals surface area (Å²) in [6.07, 6.45) is -3.74. The Morgan fingerprint density at radius 1 is 1.12 bits per heavy atom. The third-order valence-corrected chi connectivity index (χ3v) is 8.55. The lowest BCUT2D eigenvalue weighted by Crippen LogP contribution is -2.59. The molecule has 232 valence electrons. The number of hydrogen-bond acceptors (Lipinski definition) is 11. The first-order valence-electron chi connectivity index (χ1n) is 14.3. The molecule has 0 aromatic carbocycles. The summed E-state index contributed by atoms with van der Waals surface area (Å²) in [5.41, 5.74) is -3.23. The fraction of sp³-hybridized carbons (Fsp3) is 0.862. The molecule has 2 rings (SSSR count). The molecule has 0 aromatic heterocycles. The fourth-order valence-corrected chi connectivity index (χ4v) is 6.08. The van der Waals surface area contributed by atoms with Crippen molar-refractivity contribution in [1.82, 2.24) is 4.90 Å². The number of carbonyl (C=O) groups excluding carboxylic acids is 1. The number of carbonyl (C=O) groups is 1. The number of likely N-dealkylation sites (N-methyl/N-ethyl adjacent to an activating group) is 1. The SMILES string of the molecule is CC[C@H]1OC(=O)[C@H](C)[C@@H](O)[C@H](C)[C@@H](OC2O[C@H](C)C[C@H](N(C)C)[C@H]2O)[C@@](C)(O)C[C@@H](C)C(=N)/C(CO)=C/[C@]1(C)O. The number of esters is 1. The number of aliphatic hydroxyl groups is 5. The van der Waals surface area contributed by atoms with Crippen molar-refractivity contribution in [3.63, 3.8) is 0 Å². The van der Waals surface area contributed by atoms with Gasteiger partial charge in [-0.25, -0.2) is 0 Å². The Labute approximate surface area is 238 Å². The maximum Gasteiger partial charge on any atom is 0.311 e. The van der Waals surface area contributed by atoms with Crippen LogP contribution in [0.4, 0.5) is 0 Å². The van der Waals surface area contributed by atoms with Crippen molar-refractivity contribution in [2.75, 3.05) is 20.7 Å². The highest BCUT2D eigenvalue weighted by Crippen LogP contribution is 2.36. The Hall–Kier alpha value is -1.44. The minimum Gasteiger partial charge on any atom is -0.459 e. The summed E-state index contributed by atoms with van der Waals surface area (Å²) in [5.74, 6) is -3.25. The number of nitrogens with one attached hydrogen (secondary N) is 1. The largest absolute Gasteiger partial charge is 0.459 e. The van der Waals surface area contributed by atoms with E-state index in [1.165, 1.54) is 26.8 Å². The molecule has 0 aromatic rings. The third kappa shape index (κ3) is 7.89. The predicted octanol–water partition coefficient (Wildman–Crippen LogP) is 1.23. The number of ether oxygens (including phenoxy) is 3. The number of nitrogens with zero attached hydrogens (tertiary/aromatic N) is 1. The quantitative estimate of drug-likeness (QED) is 0.263. The second kappa shape index (κ2) is 13.7. The summed E-state index contributed by atoms with van der Waals surface area (Å²) in [5, 5.41) is 64.3. The smallest absolute Gasteiger partial charge is 0.311 e. The van der Waals surface area contributed by atoms with Gasteiger partial charge in [0.05, 0.1) is 36.4 Å². The highest BCUT2D eigenvalue weighted by atomic mass is 16.7. The van der Waals surface area contributed by atoms with Gasteiger partial charge in [-0.15, -0.1) is 0 Å². The summed E-state index contributed by atoms with van der Waals surface area (Å²) in [4.78, 5) is 15.0. The van der Waals surface area contributed by atoms with Gasteiger partial charge in [0, 0.05) is 23.6 Å². The van der Waals surface area contributed by atoms with Gasteiger partial charge < -0.3 is 50.1 Å². The van der Waals surface area contributed by atoms with Gasteiger partial charge in [0.1, 0.15) is 17.8 Å². The van der Waals surface area contributed by atoms with Crippen molar-refractivity contribution < 1.29 is 44.5 Å². The van der Waals surface area contributed by atoms with E-state index in [2.05, 4.69) is 0 Å². The molecule has 2 heterocycles. The van der Waals surface area contributed by atoms with E-state index in [-0.39, 0.29) is 36.3 Å². The van der Waals surface area contributed by atoms with Crippen LogP contribution in [0.5, 0.6) is 0 Å². The summed E-state index contributed by atoms with van der Waals surface area (Å²) in [6.45, 7) is 10.9. The Balaban J connectivity index is 2.58.